The second kappa shape index (κ2) is 4.77. The monoisotopic (exact) mass is 227 g/mol. The van der Waals surface area contributed by atoms with Crippen LogP contribution in [0.5, 0.6) is 0 Å². The first-order valence-electron chi connectivity index (χ1n) is 4.88. The summed E-state index contributed by atoms with van der Waals surface area (Å²) in [6.45, 7) is 5.54. The zero-order chi connectivity index (χ0) is 11.5. The summed E-state index contributed by atoms with van der Waals surface area (Å²) < 4.78 is 5.19. The van der Waals surface area contributed by atoms with E-state index in [0.717, 1.165) is 5.56 Å². The lowest BCUT2D eigenvalue weighted by molar-refractivity contribution is -0.155. The van der Waals surface area contributed by atoms with Gasteiger partial charge in [0.05, 0.1) is 6.42 Å². The van der Waals surface area contributed by atoms with Crippen molar-refractivity contribution in [3.8, 4) is 0 Å². The number of nitrogens with two attached hydrogens (primary N) is 1. The number of carbonyl (C=O) groups is 1. The maximum Gasteiger partial charge on any atom is 0.308 e. The lowest BCUT2D eigenvalue weighted by Gasteiger charge is -2.20. The van der Waals surface area contributed by atoms with E-state index >= 15 is 0 Å². The summed E-state index contributed by atoms with van der Waals surface area (Å²) in [5.74, 6) is -0.249. The van der Waals surface area contributed by atoms with E-state index in [2.05, 4.69) is 0 Å². The highest BCUT2D eigenvalue weighted by atomic mass is 32.1. The first-order chi connectivity index (χ1) is 6.88. The molecular weight excluding hydrogens is 210 g/mol. The molecule has 15 heavy (non-hydrogen) atoms. The van der Waals surface area contributed by atoms with Gasteiger partial charge in [0.2, 0.25) is 0 Å². The quantitative estimate of drug-likeness (QED) is 0.807. The van der Waals surface area contributed by atoms with Crippen LogP contribution < -0.4 is 5.73 Å². The molecular formula is C11H17NO2S. The molecule has 4 heteroatoms. The van der Waals surface area contributed by atoms with Gasteiger partial charge in [0.1, 0.15) is 5.60 Å². The van der Waals surface area contributed by atoms with Crippen LogP contribution in [0.25, 0.3) is 0 Å². The molecule has 0 saturated carbocycles. The zero-order valence-corrected chi connectivity index (χ0v) is 10.1. The molecule has 0 aliphatic carbocycles. The van der Waals surface area contributed by atoms with Crippen LogP contribution in [0.15, 0.2) is 16.8 Å². The minimum Gasteiger partial charge on any atom is -0.460 e. The number of carbonyl (C=O) groups excluding carboxylic acids is 1. The highest BCUT2D eigenvalue weighted by Gasteiger charge is 2.19. The van der Waals surface area contributed by atoms with Gasteiger partial charge in [-0.25, -0.2) is 0 Å². The maximum absolute atomic E-state index is 11.5. The third kappa shape index (κ3) is 4.44. The summed E-state index contributed by atoms with van der Waals surface area (Å²) in [5.41, 5.74) is 6.42. The highest BCUT2D eigenvalue weighted by molar-refractivity contribution is 7.07. The smallest absolute Gasteiger partial charge is 0.308 e. The zero-order valence-electron chi connectivity index (χ0n) is 9.32. The van der Waals surface area contributed by atoms with Crippen LogP contribution >= 0.6 is 11.3 Å². The van der Waals surface area contributed by atoms with Crippen LogP contribution in [0, 0.1) is 0 Å². The molecule has 84 valence electrons. The van der Waals surface area contributed by atoms with Gasteiger partial charge >= 0.3 is 5.97 Å². The van der Waals surface area contributed by atoms with E-state index < -0.39 is 5.60 Å². The van der Waals surface area contributed by atoms with Crippen molar-refractivity contribution >= 4 is 17.3 Å². The number of esters is 1. The van der Waals surface area contributed by atoms with Crippen LogP contribution in [-0.4, -0.2) is 11.6 Å². The summed E-state index contributed by atoms with van der Waals surface area (Å²) in [5, 5.41) is 3.90. The van der Waals surface area contributed by atoms with Crippen LogP contribution in [0.2, 0.25) is 0 Å². The number of ether oxygens (including phenoxy) is 1. The molecule has 0 unspecified atom stereocenters. The predicted octanol–water partition coefficient (Wildman–Crippen LogP) is 2.48. The Morgan fingerprint density at radius 2 is 2.27 bits per heavy atom. The molecule has 0 saturated heterocycles. The number of rotatable bonds is 3. The van der Waals surface area contributed by atoms with Gasteiger partial charge in [-0.2, -0.15) is 11.3 Å². The van der Waals surface area contributed by atoms with Gasteiger partial charge in [-0.3, -0.25) is 4.79 Å². The van der Waals surface area contributed by atoms with Crippen LogP contribution in [0.1, 0.15) is 38.8 Å². The van der Waals surface area contributed by atoms with Crippen molar-refractivity contribution in [1.29, 1.82) is 0 Å². The second-order valence-electron chi connectivity index (χ2n) is 4.45. The average molecular weight is 227 g/mol. The van der Waals surface area contributed by atoms with Gasteiger partial charge in [-0.15, -0.1) is 0 Å². The van der Waals surface area contributed by atoms with Gasteiger partial charge in [-0.05, 0) is 43.2 Å². The lowest BCUT2D eigenvalue weighted by Crippen LogP contribution is -2.26. The molecule has 1 atom stereocenters. The Morgan fingerprint density at radius 3 is 2.73 bits per heavy atom. The molecule has 0 spiro atoms. The molecule has 1 heterocycles. The van der Waals surface area contributed by atoms with E-state index in [1.165, 1.54) is 0 Å². The fraction of sp³-hybridized carbons (Fsp3) is 0.545. The molecule has 1 rings (SSSR count). The Hall–Kier alpha value is -0.870. The molecule has 0 aromatic carbocycles. The Balaban J connectivity index is 2.45. The van der Waals surface area contributed by atoms with E-state index in [1.807, 2.05) is 37.6 Å². The molecule has 2 N–H and O–H groups in total. The van der Waals surface area contributed by atoms with Crippen LogP contribution in [0.4, 0.5) is 0 Å². The topological polar surface area (TPSA) is 52.3 Å². The fourth-order valence-electron chi connectivity index (χ4n) is 1.17. The molecule has 1 aromatic rings. The van der Waals surface area contributed by atoms with Crippen molar-refractivity contribution in [1.82, 2.24) is 0 Å². The van der Waals surface area contributed by atoms with Crippen molar-refractivity contribution in [3.63, 3.8) is 0 Å². The predicted molar refractivity (Wildman–Crippen MR) is 61.7 cm³/mol. The third-order valence-electron chi connectivity index (χ3n) is 1.78. The van der Waals surface area contributed by atoms with E-state index in [-0.39, 0.29) is 18.4 Å². The molecule has 0 aliphatic rings. The second-order valence-corrected chi connectivity index (χ2v) is 5.23. The first kappa shape index (κ1) is 12.2. The van der Waals surface area contributed by atoms with Gasteiger partial charge in [0.25, 0.3) is 0 Å². The minimum absolute atomic E-state index is 0.230. The molecule has 0 amide bonds. The third-order valence-corrected chi connectivity index (χ3v) is 2.48. The van der Waals surface area contributed by atoms with Gasteiger partial charge in [0.15, 0.2) is 0 Å². The minimum atomic E-state index is -0.439. The SMILES string of the molecule is CC(C)(C)OC(=O)C[C@H](N)c1ccsc1. The summed E-state index contributed by atoms with van der Waals surface area (Å²) in [7, 11) is 0. The lowest BCUT2D eigenvalue weighted by atomic mass is 10.1. The molecule has 3 nitrogen and oxygen atoms in total. The Bertz CT molecular complexity index is 314. The standard InChI is InChI=1S/C11H17NO2S/c1-11(2,3)14-10(13)6-9(12)8-4-5-15-7-8/h4-5,7,9H,6,12H2,1-3H3/t9-/m0/s1. The van der Waals surface area contributed by atoms with Crippen molar-refractivity contribution in [2.24, 2.45) is 5.73 Å². The molecule has 0 radical (unpaired) electrons. The van der Waals surface area contributed by atoms with Crippen molar-refractivity contribution in [2.45, 2.75) is 38.8 Å². The molecule has 0 fully saturated rings. The number of hydrogen-bond donors (Lipinski definition) is 1. The number of thiophene rings is 1. The van der Waals surface area contributed by atoms with Crippen molar-refractivity contribution in [3.05, 3.63) is 22.4 Å². The highest BCUT2D eigenvalue weighted by Crippen LogP contribution is 2.19. The van der Waals surface area contributed by atoms with Gasteiger partial charge in [0, 0.05) is 6.04 Å². The van der Waals surface area contributed by atoms with E-state index in [9.17, 15) is 4.79 Å². The molecule has 0 aliphatic heterocycles. The summed E-state index contributed by atoms with van der Waals surface area (Å²) in [6, 6.07) is 1.67. The van der Waals surface area contributed by atoms with Crippen molar-refractivity contribution in [2.75, 3.05) is 0 Å². The molecule has 0 bridgehead atoms. The average Bonchev–Trinajstić information content (AvgIpc) is 2.50. The molecule has 1 aromatic heterocycles. The van der Waals surface area contributed by atoms with Crippen LogP contribution in [-0.2, 0) is 9.53 Å². The van der Waals surface area contributed by atoms with Gasteiger partial charge in [-0.1, -0.05) is 0 Å². The Labute approximate surface area is 94.2 Å². The number of hydrogen-bond acceptors (Lipinski definition) is 4. The maximum atomic E-state index is 11.5. The van der Waals surface area contributed by atoms with Crippen LogP contribution in [0.3, 0.4) is 0 Å². The Morgan fingerprint density at radius 1 is 1.60 bits per heavy atom. The summed E-state index contributed by atoms with van der Waals surface area (Å²) >= 11 is 1.58. The van der Waals surface area contributed by atoms with E-state index in [0.29, 0.717) is 0 Å². The first-order valence-corrected chi connectivity index (χ1v) is 5.82. The normalized spacial score (nSPS) is 13.6. The van der Waals surface area contributed by atoms with E-state index in [4.69, 9.17) is 10.5 Å². The fourth-order valence-corrected chi connectivity index (χ4v) is 1.89. The summed E-state index contributed by atoms with van der Waals surface area (Å²) in [6.07, 6.45) is 0.230. The summed E-state index contributed by atoms with van der Waals surface area (Å²) in [4.78, 5) is 11.5. The van der Waals surface area contributed by atoms with Gasteiger partial charge < -0.3 is 10.5 Å². The Kier molecular flexibility index (Phi) is 3.88. The largest absolute Gasteiger partial charge is 0.460 e. The van der Waals surface area contributed by atoms with Crippen molar-refractivity contribution < 1.29 is 9.53 Å². The van der Waals surface area contributed by atoms with E-state index in [1.54, 1.807) is 11.3 Å².